The maximum absolute atomic E-state index is 13.4. The van der Waals surface area contributed by atoms with E-state index in [1.807, 2.05) is 0 Å². The van der Waals surface area contributed by atoms with Gasteiger partial charge in [0.05, 0.1) is 13.2 Å². The third-order valence-corrected chi connectivity index (χ3v) is 3.91. The Labute approximate surface area is 117 Å². The first-order valence-electron chi connectivity index (χ1n) is 6.92. The topological polar surface area (TPSA) is 68.3 Å². The van der Waals surface area contributed by atoms with Crippen molar-refractivity contribution in [1.82, 2.24) is 9.97 Å². The summed E-state index contributed by atoms with van der Waals surface area (Å²) in [6.07, 6.45) is 2.93. The normalized spacial score (nSPS) is 20.4. The Balaban J connectivity index is 1.71. The van der Waals surface area contributed by atoms with E-state index in [0.717, 1.165) is 19.4 Å². The van der Waals surface area contributed by atoms with E-state index in [0.29, 0.717) is 43.8 Å². The molecule has 3 heterocycles. The Kier molecular flexibility index (Phi) is 3.86. The Morgan fingerprint density at radius 1 is 1.30 bits per heavy atom. The zero-order valence-electron chi connectivity index (χ0n) is 11.3. The monoisotopic (exact) mass is 282 g/mol. The average molecular weight is 282 g/mol. The molecule has 0 bridgehead atoms. The van der Waals surface area contributed by atoms with E-state index < -0.39 is 0 Å². The third kappa shape index (κ3) is 2.63. The van der Waals surface area contributed by atoms with E-state index in [1.54, 1.807) is 0 Å². The Morgan fingerprint density at radius 3 is 2.95 bits per heavy atom. The summed E-state index contributed by atoms with van der Waals surface area (Å²) in [6.45, 7) is 2.72. The summed E-state index contributed by atoms with van der Waals surface area (Å²) in [6, 6.07) is 0. The van der Waals surface area contributed by atoms with Gasteiger partial charge in [0.2, 0.25) is 5.75 Å². The molecule has 0 atom stereocenters. The Morgan fingerprint density at radius 2 is 2.15 bits per heavy atom. The fourth-order valence-electron chi connectivity index (χ4n) is 2.52. The molecule has 1 aromatic rings. The van der Waals surface area contributed by atoms with Gasteiger partial charge < -0.3 is 20.1 Å². The average Bonchev–Trinajstić information content (AvgIpc) is 2.54. The first-order chi connectivity index (χ1) is 9.83. The SMILES string of the molecule is FCC1(CNc2ncnc3c2OCCN3)CCOCC1. The molecule has 6 nitrogen and oxygen atoms in total. The van der Waals surface area contributed by atoms with Gasteiger partial charge in [0.1, 0.15) is 12.9 Å². The molecule has 0 aromatic carbocycles. The van der Waals surface area contributed by atoms with E-state index in [4.69, 9.17) is 9.47 Å². The largest absolute Gasteiger partial charge is 0.485 e. The number of hydrogen-bond acceptors (Lipinski definition) is 6. The number of rotatable bonds is 4. The van der Waals surface area contributed by atoms with Gasteiger partial charge in [0.25, 0.3) is 0 Å². The molecule has 20 heavy (non-hydrogen) atoms. The molecule has 0 aliphatic carbocycles. The van der Waals surface area contributed by atoms with Gasteiger partial charge in [0, 0.05) is 25.2 Å². The van der Waals surface area contributed by atoms with Gasteiger partial charge in [-0.05, 0) is 12.8 Å². The molecule has 1 fully saturated rings. The number of fused-ring (bicyclic) bond motifs is 1. The number of nitrogens with zero attached hydrogens (tertiary/aromatic N) is 2. The summed E-state index contributed by atoms with van der Waals surface area (Å²) in [5.41, 5.74) is -0.363. The fraction of sp³-hybridized carbons (Fsp3) is 0.692. The molecule has 1 aromatic heterocycles. The second-order valence-corrected chi connectivity index (χ2v) is 5.27. The second-order valence-electron chi connectivity index (χ2n) is 5.27. The molecule has 7 heteroatoms. The maximum atomic E-state index is 13.4. The zero-order chi connectivity index (χ0) is 13.8. The minimum Gasteiger partial charge on any atom is -0.485 e. The van der Waals surface area contributed by atoms with E-state index in [2.05, 4.69) is 20.6 Å². The fourth-order valence-corrected chi connectivity index (χ4v) is 2.52. The predicted octanol–water partition coefficient (Wildman–Crippen LogP) is 1.46. The highest BCUT2D eigenvalue weighted by atomic mass is 19.1. The van der Waals surface area contributed by atoms with Crippen molar-refractivity contribution in [1.29, 1.82) is 0 Å². The molecule has 2 N–H and O–H groups in total. The summed E-state index contributed by atoms with van der Waals surface area (Å²) in [7, 11) is 0. The number of anilines is 2. The lowest BCUT2D eigenvalue weighted by Gasteiger charge is -2.35. The van der Waals surface area contributed by atoms with Gasteiger partial charge >= 0.3 is 0 Å². The molecular formula is C13H19FN4O2. The van der Waals surface area contributed by atoms with Crippen LogP contribution in [0.3, 0.4) is 0 Å². The number of aromatic nitrogens is 2. The summed E-state index contributed by atoms with van der Waals surface area (Å²) < 4.78 is 24.3. The summed E-state index contributed by atoms with van der Waals surface area (Å²) >= 11 is 0. The highest BCUT2D eigenvalue weighted by molar-refractivity contribution is 5.64. The lowest BCUT2D eigenvalue weighted by molar-refractivity contribution is 0.00878. The molecule has 3 rings (SSSR count). The molecule has 110 valence electrons. The van der Waals surface area contributed by atoms with Crippen molar-refractivity contribution in [3.05, 3.63) is 6.33 Å². The summed E-state index contributed by atoms with van der Waals surface area (Å²) in [5.74, 6) is 1.94. The van der Waals surface area contributed by atoms with E-state index in [1.165, 1.54) is 6.33 Å². The van der Waals surface area contributed by atoms with Crippen LogP contribution in [0.25, 0.3) is 0 Å². The van der Waals surface area contributed by atoms with Gasteiger partial charge in [-0.15, -0.1) is 0 Å². The van der Waals surface area contributed by atoms with Crippen molar-refractivity contribution in [2.45, 2.75) is 12.8 Å². The second kappa shape index (κ2) is 5.78. The molecule has 0 radical (unpaired) electrons. The van der Waals surface area contributed by atoms with Gasteiger partial charge in [-0.2, -0.15) is 0 Å². The van der Waals surface area contributed by atoms with E-state index >= 15 is 0 Å². The van der Waals surface area contributed by atoms with Crippen LogP contribution in [0.1, 0.15) is 12.8 Å². The van der Waals surface area contributed by atoms with Gasteiger partial charge in [-0.3, -0.25) is 4.39 Å². The lowest BCUT2D eigenvalue weighted by Crippen LogP contribution is -2.38. The van der Waals surface area contributed by atoms with Crippen LogP contribution < -0.4 is 15.4 Å². The number of halogens is 1. The van der Waals surface area contributed by atoms with E-state index in [9.17, 15) is 4.39 Å². The van der Waals surface area contributed by atoms with Crippen LogP contribution in [0.2, 0.25) is 0 Å². The van der Waals surface area contributed by atoms with Crippen LogP contribution in [0.5, 0.6) is 5.75 Å². The first-order valence-corrected chi connectivity index (χ1v) is 6.92. The number of hydrogen-bond donors (Lipinski definition) is 2. The van der Waals surface area contributed by atoms with Crippen LogP contribution in [-0.2, 0) is 4.74 Å². The minimum atomic E-state index is -0.363. The molecule has 1 saturated heterocycles. The molecule has 0 saturated carbocycles. The smallest absolute Gasteiger partial charge is 0.204 e. The summed E-state index contributed by atoms with van der Waals surface area (Å²) in [5, 5.41) is 6.38. The number of ether oxygens (including phenoxy) is 2. The third-order valence-electron chi connectivity index (χ3n) is 3.91. The zero-order valence-corrected chi connectivity index (χ0v) is 11.3. The van der Waals surface area contributed by atoms with Gasteiger partial charge in [0.15, 0.2) is 11.6 Å². The highest BCUT2D eigenvalue weighted by Crippen LogP contribution is 2.35. The van der Waals surface area contributed by atoms with Gasteiger partial charge in [-0.1, -0.05) is 0 Å². The van der Waals surface area contributed by atoms with Crippen molar-refractivity contribution in [2.24, 2.45) is 5.41 Å². The van der Waals surface area contributed by atoms with Crippen molar-refractivity contribution >= 4 is 11.6 Å². The van der Waals surface area contributed by atoms with Crippen molar-refractivity contribution < 1.29 is 13.9 Å². The van der Waals surface area contributed by atoms with Gasteiger partial charge in [-0.25, -0.2) is 9.97 Å². The molecule has 0 spiro atoms. The van der Waals surface area contributed by atoms with Crippen molar-refractivity contribution in [3.63, 3.8) is 0 Å². The van der Waals surface area contributed by atoms with E-state index in [-0.39, 0.29) is 12.1 Å². The molecule has 0 unspecified atom stereocenters. The van der Waals surface area contributed by atoms with Crippen LogP contribution >= 0.6 is 0 Å². The minimum absolute atomic E-state index is 0.351. The maximum Gasteiger partial charge on any atom is 0.204 e. The number of alkyl halides is 1. The van der Waals surface area contributed by atoms with Crippen LogP contribution in [0, 0.1) is 5.41 Å². The standard InChI is InChI=1S/C13H19FN4O2/c14-7-13(1-4-19-5-2-13)8-16-12-10-11(17-9-18-12)15-3-6-20-10/h9H,1-8H2,(H2,15,16,17,18). The van der Waals surface area contributed by atoms with Crippen molar-refractivity contribution in [2.75, 3.05) is 50.2 Å². The van der Waals surface area contributed by atoms with Crippen LogP contribution in [0.15, 0.2) is 6.33 Å². The quantitative estimate of drug-likeness (QED) is 0.871. The van der Waals surface area contributed by atoms with Crippen LogP contribution in [-0.4, -0.2) is 49.6 Å². The molecule has 2 aliphatic heterocycles. The first kappa shape index (κ1) is 13.4. The summed E-state index contributed by atoms with van der Waals surface area (Å²) in [4.78, 5) is 8.33. The Bertz CT molecular complexity index is 466. The Hall–Kier alpha value is -1.63. The molecular weight excluding hydrogens is 263 g/mol. The number of nitrogens with one attached hydrogen (secondary N) is 2. The molecule has 0 amide bonds. The van der Waals surface area contributed by atoms with Crippen LogP contribution in [0.4, 0.5) is 16.0 Å². The highest BCUT2D eigenvalue weighted by Gasteiger charge is 2.33. The molecule has 2 aliphatic rings. The van der Waals surface area contributed by atoms with Crippen molar-refractivity contribution in [3.8, 4) is 5.75 Å². The lowest BCUT2D eigenvalue weighted by atomic mass is 9.81. The predicted molar refractivity (Wildman–Crippen MR) is 73.0 cm³/mol.